The Morgan fingerprint density at radius 2 is 1.89 bits per heavy atom. The number of anilines is 1. The summed E-state index contributed by atoms with van der Waals surface area (Å²) >= 11 is 3.82. The summed E-state index contributed by atoms with van der Waals surface area (Å²) in [6.45, 7) is 4.22. The number of amides is 1. The molecule has 1 N–H and O–H groups in total. The molecule has 4 heteroatoms. The number of hydrogen-bond donors (Lipinski definition) is 1. The largest absolute Gasteiger partial charge is 0.321 e. The van der Waals surface area contributed by atoms with Crippen LogP contribution < -0.4 is 5.32 Å². The van der Waals surface area contributed by atoms with Crippen molar-refractivity contribution in [1.82, 2.24) is 0 Å². The van der Waals surface area contributed by atoms with Crippen molar-refractivity contribution in [1.29, 1.82) is 0 Å². The molecule has 2 aromatic rings. The lowest BCUT2D eigenvalue weighted by Gasteiger charge is -2.13. The Morgan fingerprint density at radius 3 is 2.37 bits per heavy atom. The fourth-order valence-electron chi connectivity index (χ4n) is 2.02. The Kier molecular flexibility index (Phi) is 4.99. The Bertz CT molecular complexity index is 569. The van der Waals surface area contributed by atoms with E-state index in [1.807, 2.05) is 11.4 Å². The fourth-order valence-corrected chi connectivity index (χ4v) is 3.34. The van der Waals surface area contributed by atoms with Crippen molar-refractivity contribution < 1.29 is 4.79 Å². The lowest BCUT2D eigenvalue weighted by molar-refractivity contribution is 0.102. The second-order valence-electron chi connectivity index (χ2n) is 4.25. The molecule has 100 valence electrons. The molecule has 1 aromatic carbocycles. The van der Waals surface area contributed by atoms with Crippen molar-refractivity contribution >= 4 is 45.5 Å². The van der Waals surface area contributed by atoms with Crippen LogP contribution in [0.5, 0.6) is 0 Å². The van der Waals surface area contributed by atoms with Gasteiger partial charge < -0.3 is 5.32 Å². The van der Waals surface area contributed by atoms with Crippen molar-refractivity contribution in [3.63, 3.8) is 0 Å². The Morgan fingerprint density at radius 1 is 1.26 bits per heavy atom. The SMILES string of the molecule is CCc1cccc(CC)c1NC(=O)c1csc(I)c1. The van der Waals surface area contributed by atoms with Crippen molar-refractivity contribution in [2.75, 3.05) is 5.32 Å². The molecular weight excluding hydrogens is 369 g/mol. The average Bonchev–Trinajstić information content (AvgIpc) is 2.85. The number of benzene rings is 1. The number of aryl methyl sites for hydroxylation is 2. The predicted molar refractivity (Wildman–Crippen MR) is 90.2 cm³/mol. The molecule has 0 atom stereocenters. The van der Waals surface area contributed by atoms with Crippen molar-refractivity contribution in [2.45, 2.75) is 26.7 Å². The lowest BCUT2D eigenvalue weighted by atomic mass is 10.0. The van der Waals surface area contributed by atoms with Crippen LogP contribution in [0.2, 0.25) is 0 Å². The van der Waals surface area contributed by atoms with Crippen LogP contribution in [0, 0.1) is 2.88 Å². The number of halogens is 1. The van der Waals surface area contributed by atoms with Gasteiger partial charge in [0.15, 0.2) is 0 Å². The highest BCUT2D eigenvalue weighted by molar-refractivity contribution is 14.1. The van der Waals surface area contributed by atoms with Gasteiger partial charge in [0, 0.05) is 11.1 Å². The first-order valence-electron chi connectivity index (χ1n) is 6.31. The van der Waals surface area contributed by atoms with Gasteiger partial charge in [-0.2, -0.15) is 0 Å². The minimum absolute atomic E-state index is 0.0187. The third kappa shape index (κ3) is 3.36. The number of thiophene rings is 1. The zero-order chi connectivity index (χ0) is 13.8. The predicted octanol–water partition coefficient (Wildman–Crippen LogP) is 4.73. The lowest BCUT2D eigenvalue weighted by Crippen LogP contribution is -2.14. The number of nitrogens with one attached hydrogen (secondary N) is 1. The van der Waals surface area contributed by atoms with Crippen LogP contribution >= 0.6 is 33.9 Å². The summed E-state index contributed by atoms with van der Waals surface area (Å²) in [7, 11) is 0. The van der Waals surface area contributed by atoms with E-state index in [1.165, 1.54) is 11.1 Å². The van der Waals surface area contributed by atoms with Gasteiger partial charge >= 0.3 is 0 Å². The standard InChI is InChI=1S/C15H16INOS/c1-3-10-6-5-7-11(4-2)14(10)17-15(18)12-8-13(16)19-9-12/h5-9H,3-4H2,1-2H3,(H,17,18). The first-order valence-corrected chi connectivity index (χ1v) is 8.27. The molecule has 0 saturated heterocycles. The van der Waals surface area contributed by atoms with E-state index in [0.29, 0.717) is 0 Å². The van der Waals surface area contributed by atoms with Crippen LogP contribution in [-0.4, -0.2) is 5.91 Å². The van der Waals surface area contributed by atoms with Crippen LogP contribution in [-0.2, 0) is 12.8 Å². The molecular formula is C15H16INOS. The van der Waals surface area contributed by atoms with E-state index in [2.05, 4.69) is 60.0 Å². The molecule has 0 bridgehead atoms. The van der Waals surface area contributed by atoms with Crippen molar-refractivity contribution in [3.8, 4) is 0 Å². The summed E-state index contributed by atoms with van der Waals surface area (Å²) in [5.74, 6) is -0.0187. The van der Waals surface area contributed by atoms with E-state index in [1.54, 1.807) is 11.3 Å². The Balaban J connectivity index is 2.30. The first-order chi connectivity index (χ1) is 9.15. The van der Waals surface area contributed by atoms with Crippen LogP contribution in [0.15, 0.2) is 29.6 Å². The van der Waals surface area contributed by atoms with Crippen LogP contribution in [0.3, 0.4) is 0 Å². The molecule has 0 aliphatic rings. The van der Waals surface area contributed by atoms with Gasteiger partial charge in [-0.3, -0.25) is 4.79 Å². The maximum atomic E-state index is 12.3. The fraction of sp³-hybridized carbons (Fsp3) is 0.267. The molecule has 0 radical (unpaired) electrons. The minimum atomic E-state index is -0.0187. The van der Waals surface area contributed by atoms with E-state index in [4.69, 9.17) is 0 Å². The second-order valence-corrected chi connectivity index (χ2v) is 7.06. The van der Waals surface area contributed by atoms with Gasteiger partial charge in [0.25, 0.3) is 5.91 Å². The van der Waals surface area contributed by atoms with E-state index in [9.17, 15) is 4.79 Å². The number of carbonyl (C=O) groups excluding carboxylic acids is 1. The van der Waals surface area contributed by atoms with Gasteiger partial charge in [-0.05, 0) is 52.6 Å². The van der Waals surface area contributed by atoms with Gasteiger partial charge in [-0.25, -0.2) is 0 Å². The topological polar surface area (TPSA) is 29.1 Å². The van der Waals surface area contributed by atoms with E-state index in [0.717, 1.165) is 27.0 Å². The Labute approximate surface area is 131 Å². The average molecular weight is 385 g/mol. The van der Waals surface area contributed by atoms with E-state index < -0.39 is 0 Å². The van der Waals surface area contributed by atoms with Gasteiger partial charge in [0.1, 0.15) is 0 Å². The number of rotatable bonds is 4. The number of carbonyl (C=O) groups is 1. The molecule has 2 nitrogen and oxygen atoms in total. The highest BCUT2D eigenvalue weighted by atomic mass is 127. The molecule has 0 spiro atoms. The van der Waals surface area contributed by atoms with Gasteiger partial charge in [0.05, 0.1) is 8.45 Å². The minimum Gasteiger partial charge on any atom is -0.321 e. The summed E-state index contributed by atoms with van der Waals surface area (Å²) in [5, 5.41) is 4.98. The highest BCUT2D eigenvalue weighted by Gasteiger charge is 2.12. The van der Waals surface area contributed by atoms with Crippen molar-refractivity contribution in [3.05, 3.63) is 49.2 Å². The van der Waals surface area contributed by atoms with Gasteiger partial charge in [0.2, 0.25) is 0 Å². The van der Waals surface area contributed by atoms with Crippen LogP contribution in [0.25, 0.3) is 0 Å². The molecule has 19 heavy (non-hydrogen) atoms. The molecule has 0 aliphatic heterocycles. The molecule has 2 rings (SSSR count). The normalized spacial score (nSPS) is 10.5. The molecule has 0 aliphatic carbocycles. The van der Waals surface area contributed by atoms with Crippen LogP contribution in [0.4, 0.5) is 5.69 Å². The summed E-state index contributed by atoms with van der Waals surface area (Å²) in [6, 6.07) is 8.12. The van der Waals surface area contributed by atoms with Gasteiger partial charge in [-0.1, -0.05) is 32.0 Å². The zero-order valence-electron chi connectivity index (χ0n) is 11.0. The van der Waals surface area contributed by atoms with Gasteiger partial charge in [-0.15, -0.1) is 11.3 Å². The molecule has 0 fully saturated rings. The third-order valence-electron chi connectivity index (χ3n) is 3.07. The van der Waals surface area contributed by atoms with E-state index >= 15 is 0 Å². The summed E-state index contributed by atoms with van der Waals surface area (Å²) < 4.78 is 1.13. The number of para-hydroxylation sites is 1. The smallest absolute Gasteiger partial charge is 0.256 e. The van der Waals surface area contributed by atoms with E-state index in [-0.39, 0.29) is 5.91 Å². The molecule has 1 aromatic heterocycles. The maximum Gasteiger partial charge on any atom is 0.256 e. The van der Waals surface area contributed by atoms with Crippen LogP contribution in [0.1, 0.15) is 35.3 Å². The maximum absolute atomic E-state index is 12.3. The first kappa shape index (κ1) is 14.5. The zero-order valence-corrected chi connectivity index (χ0v) is 14.0. The van der Waals surface area contributed by atoms with Crippen molar-refractivity contribution in [2.24, 2.45) is 0 Å². The molecule has 0 unspecified atom stereocenters. The second kappa shape index (κ2) is 6.52. The Hall–Kier alpha value is -0.880. The summed E-state index contributed by atoms with van der Waals surface area (Å²) in [6.07, 6.45) is 1.84. The number of hydrogen-bond acceptors (Lipinski definition) is 2. The monoisotopic (exact) mass is 385 g/mol. The molecule has 0 saturated carbocycles. The summed E-state index contributed by atoms with van der Waals surface area (Å²) in [5.41, 5.74) is 4.11. The molecule has 1 amide bonds. The third-order valence-corrected chi connectivity index (χ3v) is 4.86. The molecule has 1 heterocycles. The highest BCUT2D eigenvalue weighted by Crippen LogP contribution is 2.24. The summed E-state index contributed by atoms with van der Waals surface area (Å²) in [4.78, 5) is 12.3. The quantitative estimate of drug-likeness (QED) is 0.758.